The molecule has 0 aromatic heterocycles. The fourth-order valence-corrected chi connectivity index (χ4v) is 4.51. The second-order valence-electron chi connectivity index (χ2n) is 7.81. The predicted molar refractivity (Wildman–Crippen MR) is 118 cm³/mol. The number of benzene rings is 2. The number of amides is 4. The number of hydrogen-bond donors (Lipinski definition) is 3. The van der Waals surface area contributed by atoms with Crippen molar-refractivity contribution in [2.75, 3.05) is 6.54 Å². The first kappa shape index (κ1) is 23.4. The van der Waals surface area contributed by atoms with Crippen molar-refractivity contribution in [2.24, 2.45) is 0 Å². The van der Waals surface area contributed by atoms with E-state index in [0.717, 1.165) is 5.56 Å². The highest BCUT2D eigenvalue weighted by Crippen LogP contribution is 2.23. The average molecular weight is 459 g/mol. The molecule has 1 heterocycles. The first-order valence-electron chi connectivity index (χ1n) is 10.2. The van der Waals surface area contributed by atoms with Crippen molar-refractivity contribution in [3.63, 3.8) is 0 Å². The van der Waals surface area contributed by atoms with Gasteiger partial charge in [0.05, 0.1) is 4.90 Å². The van der Waals surface area contributed by atoms with Gasteiger partial charge in [0.1, 0.15) is 5.54 Å². The second kappa shape index (κ2) is 9.09. The molecule has 4 amide bonds. The molecule has 0 bridgehead atoms. The number of aryl methyl sites for hydroxylation is 2. The van der Waals surface area contributed by atoms with Crippen molar-refractivity contribution in [3.05, 3.63) is 65.2 Å². The molecule has 2 aromatic carbocycles. The molecule has 10 heteroatoms. The van der Waals surface area contributed by atoms with Gasteiger partial charge in [0, 0.05) is 12.1 Å². The summed E-state index contributed by atoms with van der Waals surface area (Å²) in [7, 11) is -3.77. The summed E-state index contributed by atoms with van der Waals surface area (Å²) >= 11 is 0. The van der Waals surface area contributed by atoms with Gasteiger partial charge in [0.15, 0.2) is 0 Å². The van der Waals surface area contributed by atoms with Crippen molar-refractivity contribution in [1.29, 1.82) is 0 Å². The molecular formula is C22H26N4O5S. The molecule has 1 aliphatic heterocycles. The van der Waals surface area contributed by atoms with Crippen LogP contribution >= 0.6 is 0 Å². The minimum Gasteiger partial charge on any atom is -0.322 e. The molecule has 0 saturated carbocycles. The van der Waals surface area contributed by atoms with Gasteiger partial charge >= 0.3 is 6.03 Å². The summed E-state index contributed by atoms with van der Waals surface area (Å²) in [5.41, 5.74) is 2.70. The first-order valence-corrected chi connectivity index (χ1v) is 11.7. The monoisotopic (exact) mass is 458 g/mol. The molecule has 0 radical (unpaired) electrons. The smallest absolute Gasteiger partial charge is 0.322 e. The van der Waals surface area contributed by atoms with Crippen LogP contribution in [-0.2, 0) is 21.2 Å². The highest BCUT2D eigenvalue weighted by molar-refractivity contribution is 7.89. The number of nitrogens with one attached hydrogen (secondary N) is 3. The van der Waals surface area contributed by atoms with Gasteiger partial charge in [-0.2, -0.15) is 5.01 Å². The number of rotatable bonds is 8. The Morgan fingerprint density at radius 3 is 2.47 bits per heavy atom. The zero-order valence-electron chi connectivity index (χ0n) is 18.1. The Kier molecular flexibility index (Phi) is 6.65. The Morgan fingerprint density at radius 1 is 1.12 bits per heavy atom. The lowest BCUT2D eigenvalue weighted by atomic mass is 9.93. The second-order valence-corrected chi connectivity index (χ2v) is 9.57. The van der Waals surface area contributed by atoms with E-state index in [1.165, 1.54) is 18.2 Å². The SMILES string of the molecule is CCNS(=O)(=O)c1ccc(C)c(C(=O)NN2C(=O)NC(C)(CCc3ccccc3)C2=O)c1. The van der Waals surface area contributed by atoms with Gasteiger partial charge in [0.2, 0.25) is 10.0 Å². The van der Waals surface area contributed by atoms with E-state index in [9.17, 15) is 22.8 Å². The van der Waals surface area contributed by atoms with Crippen LogP contribution in [0, 0.1) is 6.92 Å². The number of imide groups is 1. The molecule has 1 fully saturated rings. The van der Waals surface area contributed by atoms with E-state index in [1.54, 1.807) is 20.8 Å². The number of nitrogens with zero attached hydrogens (tertiary/aromatic N) is 1. The molecule has 1 atom stereocenters. The molecule has 1 aliphatic rings. The maximum atomic E-state index is 12.9. The van der Waals surface area contributed by atoms with E-state index in [2.05, 4.69) is 15.5 Å². The lowest BCUT2D eigenvalue weighted by Crippen LogP contribution is -2.49. The molecule has 9 nitrogen and oxygen atoms in total. The minimum absolute atomic E-state index is 0.0440. The number of hydrogen-bond acceptors (Lipinski definition) is 5. The van der Waals surface area contributed by atoms with Gasteiger partial charge < -0.3 is 5.32 Å². The van der Waals surface area contributed by atoms with Crippen molar-refractivity contribution in [2.45, 2.75) is 44.0 Å². The van der Waals surface area contributed by atoms with Crippen molar-refractivity contribution < 1.29 is 22.8 Å². The van der Waals surface area contributed by atoms with Gasteiger partial charge in [-0.1, -0.05) is 43.3 Å². The van der Waals surface area contributed by atoms with E-state index < -0.39 is 33.4 Å². The van der Waals surface area contributed by atoms with Crippen LogP contribution in [0.15, 0.2) is 53.4 Å². The number of urea groups is 1. The fourth-order valence-electron chi connectivity index (χ4n) is 3.44. The third-order valence-corrected chi connectivity index (χ3v) is 6.87. The summed E-state index contributed by atoms with van der Waals surface area (Å²) in [6, 6.07) is 12.9. The number of carbonyl (C=O) groups excluding carboxylic acids is 3. The number of sulfonamides is 1. The molecule has 170 valence electrons. The van der Waals surface area contributed by atoms with Crippen LogP contribution in [0.4, 0.5) is 4.79 Å². The summed E-state index contributed by atoms with van der Waals surface area (Å²) in [5.74, 6) is -1.34. The van der Waals surface area contributed by atoms with Crippen LogP contribution in [0.25, 0.3) is 0 Å². The van der Waals surface area contributed by atoms with Crippen LogP contribution in [0.1, 0.15) is 41.8 Å². The molecule has 32 heavy (non-hydrogen) atoms. The molecule has 0 spiro atoms. The molecule has 3 N–H and O–H groups in total. The molecule has 1 unspecified atom stereocenters. The average Bonchev–Trinajstić information content (AvgIpc) is 2.96. The quantitative estimate of drug-likeness (QED) is 0.521. The third kappa shape index (κ3) is 4.81. The van der Waals surface area contributed by atoms with Crippen LogP contribution in [-0.4, -0.2) is 43.4 Å². The lowest BCUT2D eigenvalue weighted by molar-refractivity contribution is -0.132. The maximum Gasteiger partial charge on any atom is 0.344 e. The highest BCUT2D eigenvalue weighted by Gasteiger charge is 2.48. The van der Waals surface area contributed by atoms with E-state index in [4.69, 9.17) is 0 Å². The van der Waals surface area contributed by atoms with Crippen molar-refractivity contribution in [3.8, 4) is 0 Å². The lowest BCUT2D eigenvalue weighted by Gasteiger charge is -2.21. The van der Waals surface area contributed by atoms with Crippen LogP contribution in [0.2, 0.25) is 0 Å². The predicted octanol–water partition coefficient (Wildman–Crippen LogP) is 1.88. The number of carbonyl (C=O) groups is 3. The Morgan fingerprint density at radius 2 is 1.81 bits per heavy atom. The molecule has 1 saturated heterocycles. The van der Waals surface area contributed by atoms with Crippen LogP contribution in [0.5, 0.6) is 0 Å². The Bertz CT molecular complexity index is 1150. The van der Waals surface area contributed by atoms with E-state index in [1.807, 2.05) is 30.3 Å². The number of hydrazine groups is 1. The highest BCUT2D eigenvalue weighted by atomic mass is 32.2. The molecular weight excluding hydrogens is 432 g/mol. The fraction of sp³-hybridized carbons (Fsp3) is 0.318. The van der Waals surface area contributed by atoms with Crippen molar-refractivity contribution >= 4 is 27.9 Å². The summed E-state index contributed by atoms with van der Waals surface area (Å²) in [4.78, 5) is 38.1. The van der Waals surface area contributed by atoms with Gasteiger partial charge in [0.25, 0.3) is 11.8 Å². The van der Waals surface area contributed by atoms with Gasteiger partial charge in [-0.05, 0) is 49.9 Å². The zero-order chi connectivity index (χ0) is 23.5. The van der Waals surface area contributed by atoms with Gasteiger partial charge in [-0.3, -0.25) is 15.0 Å². The van der Waals surface area contributed by atoms with Gasteiger partial charge in [-0.25, -0.2) is 17.9 Å². The van der Waals surface area contributed by atoms with Crippen molar-refractivity contribution in [1.82, 2.24) is 20.5 Å². The zero-order valence-corrected chi connectivity index (χ0v) is 19.0. The minimum atomic E-state index is -3.77. The first-order chi connectivity index (χ1) is 15.1. The van der Waals surface area contributed by atoms with E-state index in [-0.39, 0.29) is 17.0 Å². The third-order valence-electron chi connectivity index (χ3n) is 5.33. The Hall–Kier alpha value is -3.24. The topological polar surface area (TPSA) is 125 Å². The van der Waals surface area contributed by atoms with Gasteiger partial charge in [-0.15, -0.1) is 0 Å². The van der Waals surface area contributed by atoms with Crippen LogP contribution in [0.3, 0.4) is 0 Å². The standard InChI is InChI=1S/C22H26N4O5S/c1-4-23-32(30,31)17-11-10-15(2)18(14-17)19(27)25-26-20(28)22(3,24-21(26)29)13-12-16-8-6-5-7-9-16/h5-11,14,23H,4,12-13H2,1-3H3,(H,24,29)(H,25,27). The summed E-state index contributed by atoms with van der Waals surface area (Å²) < 4.78 is 26.9. The molecule has 2 aromatic rings. The van der Waals surface area contributed by atoms with Crippen LogP contribution < -0.4 is 15.5 Å². The summed E-state index contributed by atoms with van der Waals surface area (Å²) in [6.07, 6.45) is 0.915. The maximum absolute atomic E-state index is 12.9. The summed E-state index contributed by atoms with van der Waals surface area (Å²) in [5, 5.41) is 3.29. The molecule has 3 rings (SSSR count). The van der Waals surface area contributed by atoms with E-state index in [0.29, 0.717) is 23.4 Å². The Labute approximate surface area is 187 Å². The molecule has 0 aliphatic carbocycles. The largest absolute Gasteiger partial charge is 0.344 e. The normalized spacial score (nSPS) is 18.5. The Balaban J connectivity index is 1.76. The van der Waals surface area contributed by atoms with E-state index >= 15 is 0 Å². The summed E-state index contributed by atoms with van der Waals surface area (Å²) in [6.45, 7) is 5.08.